The molecule has 368 valence electrons. The molecule has 0 aliphatic rings. The van der Waals surface area contributed by atoms with Crippen LogP contribution in [0.4, 0.5) is 0 Å². The highest BCUT2D eigenvalue weighted by Crippen LogP contribution is 2.18. The molecule has 0 heterocycles. The lowest BCUT2D eigenvalue weighted by atomic mass is 10.0. The summed E-state index contributed by atoms with van der Waals surface area (Å²) >= 11 is 0. The second-order valence-electron chi connectivity index (χ2n) is 19.7. The first-order valence-electron chi connectivity index (χ1n) is 27.9. The molecule has 0 fully saturated rings. The lowest BCUT2D eigenvalue weighted by molar-refractivity contribution is -0.167. The molecule has 1 atom stereocenters. The van der Waals surface area contributed by atoms with Gasteiger partial charge in [-0.1, -0.05) is 278 Å². The molecule has 0 aromatic rings. The summed E-state index contributed by atoms with van der Waals surface area (Å²) in [7, 11) is 0. The lowest BCUT2D eigenvalue weighted by Crippen LogP contribution is -2.30. The molecule has 0 spiro atoms. The maximum atomic E-state index is 12.8. The Labute approximate surface area is 387 Å². The Morgan fingerprint density at radius 2 is 0.532 bits per heavy atom. The zero-order valence-electron chi connectivity index (χ0n) is 42.3. The zero-order chi connectivity index (χ0) is 45.2. The fraction of sp³-hybridized carbons (Fsp3) is 0.946. The van der Waals surface area contributed by atoms with Crippen molar-refractivity contribution in [3.05, 3.63) is 0 Å². The first-order valence-corrected chi connectivity index (χ1v) is 27.9. The van der Waals surface area contributed by atoms with Crippen molar-refractivity contribution in [2.24, 2.45) is 5.92 Å². The highest BCUT2D eigenvalue weighted by Gasteiger charge is 2.19. The van der Waals surface area contributed by atoms with E-state index in [1.807, 2.05) is 0 Å². The number of carbonyl (C=O) groups is 3. The monoisotopic (exact) mass is 877 g/mol. The molecule has 0 amide bonds. The molecule has 0 bridgehead atoms. The van der Waals surface area contributed by atoms with Gasteiger partial charge in [0.15, 0.2) is 6.10 Å². The molecule has 0 radical (unpaired) electrons. The topological polar surface area (TPSA) is 78.9 Å². The number of rotatable bonds is 51. The molecule has 6 heteroatoms. The van der Waals surface area contributed by atoms with E-state index in [-0.39, 0.29) is 31.1 Å². The SMILES string of the molecule is CCCCCCCCCCCCCCCCCC(=O)O[C@H](COC(=O)CCCCCCCCCCCCCC)COC(=O)CCCCCCCCCCCCCCCCC(C)C. The molecule has 0 unspecified atom stereocenters. The largest absolute Gasteiger partial charge is 0.462 e. The summed E-state index contributed by atoms with van der Waals surface area (Å²) in [6.45, 7) is 9.05. The second kappa shape index (κ2) is 50.4. The van der Waals surface area contributed by atoms with Crippen molar-refractivity contribution in [1.29, 1.82) is 0 Å². The van der Waals surface area contributed by atoms with E-state index in [2.05, 4.69) is 27.7 Å². The van der Waals surface area contributed by atoms with Crippen LogP contribution in [0.15, 0.2) is 0 Å². The second-order valence-corrected chi connectivity index (χ2v) is 19.7. The number of esters is 3. The van der Waals surface area contributed by atoms with Crippen LogP contribution in [0.1, 0.15) is 317 Å². The van der Waals surface area contributed by atoms with E-state index in [0.717, 1.165) is 63.7 Å². The summed E-state index contributed by atoms with van der Waals surface area (Å²) in [5.41, 5.74) is 0. The van der Waals surface area contributed by atoms with Crippen LogP contribution in [0.3, 0.4) is 0 Å². The Morgan fingerprint density at radius 3 is 0.790 bits per heavy atom. The van der Waals surface area contributed by atoms with E-state index >= 15 is 0 Å². The van der Waals surface area contributed by atoms with Gasteiger partial charge in [-0.25, -0.2) is 0 Å². The molecular weight excluding hydrogens is 769 g/mol. The minimum absolute atomic E-state index is 0.0621. The Morgan fingerprint density at radius 1 is 0.306 bits per heavy atom. The molecule has 0 aliphatic heterocycles. The van der Waals surface area contributed by atoms with E-state index in [9.17, 15) is 14.4 Å². The van der Waals surface area contributed by atoms with Crippen LogP contribution in [0.25, 0.3) is 0 Å². The normalized spacial score (nSPS) is 12.0. The summed E-state index contributed by atoms with van der Waals surface area (Å²) < 4.78 is 16.9. The average Bonchev–Trinajstić information content (AvgIpc) is 3.26. The van der Waals surface area contributed by atoms with Crippen molar-refractivity contribution in [3.8, 4) is 0 Å². The Hall–Kier alpha value is -1.59. The average molecular weight is 877 g/mol. The highest BCUT2D eigenvalue weighted by atomic mass is 16.6. The molecule has 0 saturated heterocycles. The summed E-state index contributed by atoms with van der Waals surface area (Å²) in [5.74, 6) is 0.00693. The molecule has 62 heavy (non-hydrogen) atoms. The van der Waals surface area contributed by atoms with E-state index in [1.165, 1.54) is 212 Å². The van der Waals surface area contributed by atoms with Gasteiger partial charge in [-0.2, -0.15) is 0 Å². The molecule has 0 aromatic heterocycles. The molecule has 0 saturated carbocycles. The van der Waals surface area contributed by atoms with Crippen LogP contribution in [0.5, 0.6) is 0 Å². The Bertz CT molecular complexity index is 933. The molecule has 0 N–H and O–H groups in total. The van der Waals surface area contributed by atoms with Crippen molar-refractivity contribution in [2.75, 3.05) is 13.2 Å². The minimum atomic E-state index is -0.761. The predicted octanol–water partition coefficient (Wildman–Crippen LogP) is 18.2. The fourth-order valence-corrected chi connectivity index (χ4v) is 8.57. The van der Waals surface area contributed by atoms with Crippen LogP contribution in [-0.2, 0) is 28.6 Å². The Kier molecular flexibility index (Phi) is 49.1. The fourth-order valence-electron chi connectivity index (χ4n) is 8.57. The van der Waals surface area contributed by atoms with Crippen LogP contribution in [-0.4, -0.2) is 37.2 Å². The number of carbonyl (C=O) groups excluding carboxylic acids is 3. The van der Waals surface area contributed by atoms with Gasteiger partial charge < -0.3 is 14.2 Å². The zero-order valence-corrected chi connectivity index (χ0v) is 42.3. The standard InChI is InChI=1S/C56H108O6/c1-5-7-9-11-13-15-17-19-20-25-29-33-37-41-45-49-56(59)62-53(50-60-54(57)47-43-39-35-31-27-18-16-14-12-10-8-6-2)51-61-55(58)48-44-40-36-32-28-24-22-21-23-26-30-34-38-42-46-52(3)4/h52-53H,5-51H2,1-4H3/t53-/m1/s1. The molecule has 6 nitrogen and oxygen atoms in total. The summed E-state index contributed by atoms with van der Waals surface area (Å²) in [4.78, 5) is 38.0. The van der Waals surface area contributed by atoms with Crippen molar-refractivity contribution < 1.29 is 28.6 Å². The minimum Gasteiger partial charge on any atom is -0.462 e. The van der Waals surface area contributed by atoms with Gasteiger partial charge in [-0.15, -0.1) is 0 Å². The van der Waals surface area contributed by atoms with Crippen LogP contribution >= 0.6 is 0 Å². The van der Waals surface area contributed by atoms with Crippen molar-refractivity contribution in [3.63, 3.8) is 0 Å². The third-order valence-electron chi connectivity index (χ3n) is 12.8. The van der Waals surface area contributed by atoms with Gasteiger partial charge in [-0.3, -0.25) is 14.4 Å². The molecule has 0 rings (SSSR count). The quantitative estimate of drug-likeness (QED) is 0.0344. The smallest absolute Gasteiger partial charge is 0.306 e. The predicted molar refractivity (Wildman–Crippen MR) is 266 cm³/mol. The third kappa shape index (κ3) is 49.4. The first-order chi connectivity index (χ1) is 30.4. The van der Waals surface area contributed by atoms with Gasteiger partial charge in [0.25, 0.3) is 0 Å². The number of hydrogen-bond donors (Lipinski definition) is 0. The van der Waals surface area contributed by atoms with Gasteiger partial charge in [0.1, 0.15) is 13.2 Å². The third-order valence-corrected chi connectivity index (χ3v) is 12.8. The van der Waals surface area contributed by atoms with Crippen molar-refractivity contribution in [1.82, 2.24) is 0 Å². The van der Waals surface area contributed by atoms with Crippen molar-refractivity contribution in [2.45, 2.75) is 323 Å². The van der Waals surface area contributed by atoms with Gasteiger partial charge in [0, 0.05) is 19.3 Å². The highest BCUT2D eigenvalue weighted by molar-refractivity contribution is 5.71. The number of unbranched alkanes of at least 4 members (excludes halogenated alkanes) is 38. The molecule has 0 aromatic carbocycles. The van der Waals surface area contributed by atoms with E-state index in [0.29, 0.717) is 19.3 Å². The van der Waals surface area contributed by atoms with Gasteiger partial charge >= 0.3 is 17.9 Å². The van der Waals surface area contributed by atoms with E-state index < -0.39 is 6.10 Å². The van der Waals surface area contributed by atoms with Crippen LogP contribution in [0.2, 0.25) is 0 Å². The first kappa shape index (κ1) is 60.4. The molecule has 0 aliphatic carbocycles. The van der Waals surface area contributed by atoms with Crippen LogP contribution < -0.4 is 0 Å². The summed E-state index contributed by atoms with van der Waals surface area (Å²) in [6, 6.07) is 0. The van der Waals surface area contributed by atoms with Gasteiger partial charge in [0.2, 0.25) is 0 Å². The Balaban J connectivity index is 4.28. The lowest BCUT2D eigenvalue weighted by Gasteiger charge is -2.18. The number of hydrogen-bond acceptors (Lipinski definition) is 6. The van der Waals surface area contributed by atoms with E-state index in [4.69, 9.17) is 14.2 Å². The van der Waals surface area contributed by atoms with Gasteiger partial charge in [-0.05, 0) is 25.2 Å². The van der Waals surface area contributed by atoms with E-state index in [1.54, 1.807) is 0 Å². The van der Waals surface area contributed by atoms with Crippen molar-refractivity contribution >= 4 is 17.9 Å². The maximum absolute atomic E-state index is 12.8. The molecular formula is C56H108O6. The number of ether oxygens (including phenoxy) is 3. The van der Waals surface area contributed by atoms with Gasteiger partial charge in [0.05, 0.1) is 0 Å². The summed E-state index contributed by atoms with van der Waals surface area (Å²) in [5, 5.41) is 0. The maximum Gasteiger partial charge on any atom is 0.306 e. The van der Waals surface area contributed by atoms with Crippen LogP contribution in [0, 0.1) is 5.92 Å². The summed E-state index contributed by atoms with van der Waals surface area (Å²) in [6.07, 6.45) is 53.7.